The van der Waals surface area contributed by atoms with E-state index in [9.17, 15) is 5.26 Å². The number of H-pyrrole nitrogens is 1. The third-order valence-electron chi connectivity index (χ3n) is 3.97. The number of aromatic nitrogens is 5. The van der Waals surface area contributed by atoms with Crippen LogP contribution in [-0.4, -0.2) is 24.5 Å². The Morgan fingerprint density at radius 1 is 1.25 bits per heavy atom. The molecule has 0 saturated heterocycles. The molecule has 0 aliphatic rings. The van der Waals surface area contributed by atoms with Crippen molar-refractivity contribution in [2.24, 2.45) is 7.05 Å². The molecule has 6 nitrogen and oxygen atoms in total. The van der Waals surface area contributed by atoms with Gasteiger partial charge >= 0.3 is 0 Å². The highest BCUT2D eigenvalue weighted by molar-refractivity contribution is 7.71. The van der Waals surface area contributed by atoms with E-state index in [2.05, 4.69) is 26.0 Å². The van der Waals surface area contributed by atoms with Crippen LogP contribution in [0.25, 0.3) is 22.5 Å². The first-order valence-corrected chi connectivity index (χ1v) is 7.93. The van der Waals surface area contributed by atoms with E-state index in [1.807, 2.05) is 31.5 Å². The molecule has 0 bridgehead atoms. The molecule has 7 heteroatoms. The van der Waals surface area contributed by atoms with Crippen LogP contribution >= 0.6 is 12.2 Å². The van der Waals surface area contributed by atoms with Gasteiger partial charge in [0, 0.05) is 37.0 Å². The molecule has 120 valence electrons. The van der Waals surface area contributed by atoms with Gasteiger partial charge in [0.25, 0.3) is 0 Å². The molecule has 0 aliphatic carbocycles. The summed E-state index contributed by atoms with van der Waals surface area (Å²) in [5.41, 5.74) is 3.62. The Balaban J connectivity index is 2.22. The molecule has 0 aromatic carbocycles. The van der Waals surface area contributed by atoms with Crippen LogP contribution in [0.3, 0.4) is 0 Å². The molecule has 3 aromatic rings. The number of nitrogens with one attached hydrogen (secondary N) is 1. The summed E-state index contributed by atoms with van der Waals surface area (Å²) >= 11 is 5.38. The van der Waals surface area contributed by atoms with Crippen molar-refractivity contribution in [3.63, 3.8) is 0 Å². The Hall–Kier alpha value is -2.85. The Labute approximate surface area is 144 Å². The van der Waals surface area contributed by atoms with Crippen molar-refractivity contribution < 1.29 is 0 Å². The monoisotopic (exact) mass is 336 g/mol. The number of pyridine rings is 1. The molecule has 1 N–H and O–H groups in total. The van der Waals surface area contributed by atoms with Crippen LogP contribution < -0.4 is 0 Å². The molecule has 3 rings (SSSR count). The highest BCUT2D eigenvalue weighted by atomic mass is 32.1. The van der Waals surface area contributed by atoms with Crippen molar-refractivity contribution in [3.8, 4) is 28.6 Å². The average Bonchev–Trinajstić information content (AvgIpc) is 2.93. The van der Waals surface area contributed by atoms with Gasteiger partial charge in [-0.2, -0.15) is 5.26 Å². The summed E-state index contributed by atoms with van der Waals surface area (Å²) in [7, 11) is 1.91. The van der Waals surface area contributed by atoms with E-state index in [1.165, 1.54) is 0 Å². The third kappa shape index (κ3) is 2.72. The maximum absolute atomic E-state index is 9.50. The predicted molar refractivity (Wildman–Crippen MR) is 93.7 cm³/mol. The predicted octanol–water partition coefficient (Wildman–Crippen LogP) is 3.34. The number of rotatable bonds is 3. The molecule has 0 fully saturated rings. The highest BCUT2D eigenvalue weighted by Crippen LogP contribution is 2.28. The molecule has 3 aromatic heterocycles. The van der Waals surface area contributed by atoms with Gasteiger partial charge in [0.05, 0.1) is 23.1 Å². The van der Waals surface area contributed by atoms with Crippen molar-refractivity contribution in [2.45, 2.75) is 20.3 Å². The van der Waals surface area contributed by atoms with Gasteiger partial charge in [-0.25, -0.2) is 15.0 Å². The number of nitrogens with zero attached hydrogens (tertiary/aromatic N) is 5. The fourth-order valence-corrected chi connectivity index (χ4v) is 2.72. The Morgan fingerprint density at radius 2 is 1.96 bits per heavy atom. The lowest BCUT2D eigenvalue weighted by atomic mass is 10.0. The van der Waals surface area contributed by atoms with Crippen molar-refractivity contribution in [3.05, 3.63) is 46.5 Å². The van der Waals surface area contributed by atoms with Crippen LogP contribution in [0.2, 0.25) is 0 Å². The van der Waals surface area contributed by atoms with Gasteiger partial charge < -0.3 is 9.55 Å². The number of nitriles is 1. The van der Waals surface area contributed by atoms with E-state index in [4.69, 9.17) is 12.2 Å². The molecule has 3 heterocycles. The van der Waals surface area contributed by atoms with Gasteiger partial charge in [-0.05, 0) is 13.0 Å². The quantitative estimate of drug-likeness (QED) is 0.742. The maximum Gasteiger partial charge on any atom is 0.127 e. The van der Waals surface area contributed by atoms with Crippen molar-refractivity contribution >= 4 is 12.2 Å². The Kier molecular flexibility index (Phi) is 4.23. The van der Waals surface area contributed by atoms with Gasteiger partial charge in [-0.15, -0.1) is 0 Å². The Morgan fingerprint density at radius 3 is 2.50 bits per heavy atom. The molecule has 0 unspecified atom stereocenters. The summed E-state index contributed by atoms with van der Waals surface area (Å²) in [6.45, 7) is 3.92. The van der Waals surface area contributed by atoms with Crippen LogP contribution in [0.5, 0.6) is 0 Å². The lowest BCUT2D eigenvalue weighted by Crippen LogP contribution is -1.99. The second-order valence-electron chi connectivity index (χ2n) is 5.40. The zero-order valence-electron chi connectivity index (χ0n) is 13.7. The zero-order chi connectivity index (χ0) is 17.3. The smallest absolute Gasteiger partial charge is 0.127 e. The summed E-state index contributed by atoms with van der Waals surface area (Å²) in [5.74, 6) is 1.65. The fourth-order valence-electron chi connectivity index (χ4n) is 2.46. The minimum absolute atomic E-state index is 0.392. The van der Waals surface area contributed by atoms with Crippen LogP contribution in [0.15, 0.2) is 24.7 Å². The summed E-state index contributed by atoms with van der Waals surface area (Å²) in [6, 6.07) is 4.09. The first kappa shape index (κ1) is 16.0. The Bertz CT molecular complexity index is 991. The van der Waals surface area contributed by atoms with Crippen molar-refractivity contribution in [1.29, 1.82) is 5.26 Å². The SMILES string of the molecule is CCc1ncc(-c2cc(-c3cnc(C)n3C)c(C#N)c(=S)[nH]2)cn1. The second-order valence-corrected chi connectivity index (χ2v) is 5.81. The van der Waals surface area contributed by atoms with Gasteiger partial charge in [-0.3, -0.25) is 0 Å². The van der Waals surface area contributed by atoms with Gasteiger partial charge in [0.15, 0.2) is 0 Å². The molecule has 0 radical (unpaired) electrons. The second kappa shape index (κ2) is 6.34. The normalized spacial score (nSPS) is 10.6. The third-order valence-corrected chi connectivity index (χ3v) is 4.28. The lowest BCUT2D eigenvalue weighted by molar-refractivity contribution is 0.864. The minimum atomic E-state index is 0.392. The highest BCUT2D eigenvalue weighted by Gasteiger charge is 2.14. The van der Waals surface area contributed by atoms with Crippen molar-refractivity contribution in [2.75, 3.05) is 0 Å². The van der Waals surface area contributed by atoms with Crippen LogP contribution in [0.1, 0.15) is 24.1 Å². The van der Waals surface area contributed by atoms with Crippen molar-refractivity contribution in [1.82, 2.24) is 24.5 Å². The molecule has 0 spiro atoms. The molecule has 0 atom stereocenters. The van der Waals surface area contributed by atoms with Crippen LogP contribution in [0, 0.1) is 22.9 Å². The molecule has 0 aliphatic heterocycles. The topological polar surface area (TPSA) is 83.2 Å². The van der Waals surface area contributed by atoms with E-state index in [0.717, 1.165) is 40.6 Å². The summed E-state index contributed by atoms with van der Waals surface area (Å²) in [4.78, 5) is 16.1. The van der Waals surface area contributed by atoms with Gasteiger partial charge in [-0.1, -0.05) is 19.1 Å². The number of imidazole rings is 1. The molecule has 24 heavy (non-hydrogen) atoms. The largest absolute Gasteiger partial charge is 0.345 e. The standard InChI is InChI=1S/C17H16N6S/c1-4-16-20-7-11(8-21-16)14-5-12(13(6-18)17(24)22-14)15-9-19-10(2)23(15)3/h5,7-9H,4H2,1-3H3,(H,22,24). The first-order chi connectivity index (χ1) is 11.5. The first-order valence-electron chi connectivity index (χ1n) is 7.52. The van der Waals surface area contributed by atoms with Gasteiger partial charge in [0.1, 0.15) is 22.4 Å². The molecule has 0 amide bonds. The van der Waals surface area contributed by atoms with E-state index in [0.29, 0.717) is 10.2 Å². The maximum atomic E-state index is 9.50. The minimum Gasteiger partial charge on any atom is -0.345 e. The van der Waals surface area contributed by atoms with Crippen LogP contribution in [-0.2, 0) is 13.5 Å². The van der Waals surface area contributed by atoms with E-state index >= 15 is 0 Å². The molecular weight excluding hydrogens is 320 g/mol. The van der Waals surface area contributed by atoms with E-state index < -0.39 is 0 Å². The lowest BCUT2D eigenvalue weighted by Gasteiger charge is -2.10. The average molecular weight is 336 g/mol. The molecule has 0 saturated carbocycles. The van der Waals surface area contributed by atoms with E-state index in [1.54, 1.807) is 18.6 Å². The van der Waals surface area contributed by atoms with E-state index in [-0.39, 0.29) is 0 Å². The summed E-state index contributed by atoms with van der Waals surface area (Å²) < 4.78 is 2.33. The van der Waals surface area contributed by atoms with Crippen LogP contribution in [0.4, 0.5) is 0 Å². The van der Waals surface area contributed by atoms with Gasteiger partial charge in [0.2, 0.25) is 0 Å². The number of aryl methyl sites for hydroxylation is 2. The number of aromatic amines is 1. The fraction of sp³-hybridized carbons (Fsp3) is 0.235. The number of hydrogen-bond donors (Lipinski definition) is 1. The zero-order valence-corrected chi connectivity index (χ0v) is 14.5. The molecular formula is C17H16N6S. The summed E-state index contributed by atoms with van der Waals surface area (Å²) in [6.07, 6.45) is 6.05. The summed E-state index contributed by atoms with van der Waals surface area (Å²) in [5, 5.41) is 9.50. The number of hydrogen-bond acceptors (Lipinski definition) is 5.